The first-order chi connectivity index (χ1) is 19.2. The van der Waals surface area contributed by atoms with Gasteiger partial charge in [0.1, 0.15) is 28.8 Å². The highest BCUT2D eigenvalue weighted by Crippen LogP contribution is 2.45. The number of rotatable bonds is 5. The summed E-state index contributed by atoms with van der Waals surface area (Å²) in [5.74, 6) is 0.815. The SMILES string of the molecule is CCC1(CC)CC(=O)N([C@@H]2CC(C)(C)Oc3ccc(C(=O)N[C@@H]4c5cc(C)ccc5OC(C)(C)[C@H]4O)cc32)C(=N)N1. The van der Waals surface area contributed by atoms with Gasteiger partial charge in [0.15, 0.2) is 5.96 Å². The van der Waals surface area contributed by atoms with Gasteiger partial charge < -0.3 is 25.2 Å². The fourth-order valence-electron chi connectivity index (χ4n) is 6.35. The first-order valence-corrected chi connectivity index (χ1v) is 14.5. The Hall–Kier alpha value is -3.59. The van der Waals surface area contributed by atoms with E-state index in [0.717, 1.165) is 24.0 Å². The number of carbonyl (C=O) groups excluding carboxylic acids is 2. The maximum Gasteiger partial charge on any atom is 0.251 e. The lowest BCUT2D eigenvalue weighted by atomic mass is 9.83. The molecule has 1 saturated heterocycles. The number of hydrogen-bond donors (Lipinski definition) is 4. The monoisotopic (exact) mass is 562 g/mol. The van der Waals surface area contributed by atoms with Crippen molar-refractivity contribution < 1.29 is 24.2 Å². The molecule has 0 saturated carbocycles. The molecule has 3 atom stereocenters. The van der Waals surface area contributed by atoms with Crippen molar-refractivity contribution in [2.75, 3.05) is 0 Å². The standard InChI is InChI=1S/C32H42N4O5/c1-8-32(9-2)17-25(37)36(29(33)35-32)22-16-30(4,5)40-23-13-11-19(15-20(22)23)28(39)34-26-21-14-18(3)10-12-24(21)41-31(6,7)27(26)38/h10-15,22,26-27,38H,8-9,16-17H2,1-7H3,(H2,33,35)(H,34,39)/t22-,26-,27+/m1/s1. The van der Waals surface area contributed by atoms with Gasteiger partial charge >= 0.3 is 0 Å². The highest BCUT2D eigenvalue weighted by atomic mass is 16.5. The summed E-state index contributed by atoms with van der Waals surface area (Å²) in [6.45, 7) is 13.5. The molecule has 3 heterocycles. The Morgan fingerprint density at radius 3 is 2.39 bits per heavy atom. The quantitative estimate of drug-likeness (QED) is 0.410. The Bertz CT molecular complexity index is 1380. The molecule has 0 bridgehead atoms. The Balaban J connectivity index is 1.48. The van der Waals surface area contributed by atoms with Crippen molar-refractivity contribution in [3.05, 3.63) is 58.7 Å². The van der Waals surface area contributed by atoms with Crippen molar-refractivity contribution >= 4 is 17.8 Å². The summed E-state index contributed by atoms with van der Waals surface area (Å²) >= 11 is 0. The van der Waals surface area contributed by atoms with E-state index in [9.17, 15) is 14.7 Å². The smallest absolute Gasteiger partial charge is 0.251 e. The van der Waals surface area contributed by atoms with Crippen LogP contribution in [0.4, 0.5) is 0 Å². The molecule has 0 spiro atoms. The fourth-order valence-corrected chi connectivity index (χ4v) is 6.35. The molecular weight excluding hydrogens is 520 g/mol. The zero-order valence-corrected chi connectivity index (χ0v) is 25.1. The molecule has 1 fully saturated rings. The molecule has 41 heavy (non-hydrogen) atoms. The minimum atomic E-state index is -0.981. The molecular formula is C32H42N4O5. The summed E-state index contributed by atoms with van der Waals surface area (Å²) < 4.78 is 12.3. The average Bonchev–Trinajstić information content (AvgIpc) is 2.90. The molecule has 0 radical (unpaired) electrons. The van der Waals surface area contributed by atoms with Crippen molar-refractivity contribution in [3.63, 3.8) is 0 Å². The predicted molar refractivity (Wildman–Crippen MR) is 156 cm³/mol. The van der Waals surface area contributed by atoms with E-state index >= 15 is 0 Å². The van der Waals surface area contributed by atoms with Gasteiger partial charge in [-0.2, -0.15) is 0 Å². The van der Waals surface area contributed by atoms with Crippen LogP contribution in [0.15, 0.2) is 36.4 Å². The summed E-state index contributed by atoms with van der Waals surface area (Å²) in [6.07, 6.45) is 1.26. The molecule has 0 aromatic heterocycles. The van der Waals surface area contributed by atoms with E-state index in [1.807, 2.05) is 52.8 Å². The van der Waals surface area contributed by atoms with Gasteiger partial charge in [-0.05, 0) is 71.7 Å². The molecule has 220 valence electrons. The van der Waals surface area contributed by atoms with Gasteiger partial charge in [-0.1, -0.05) is 31.5 Å². The number of aliphatic hydroxyl groups excluding tert-OH is 1. The number of nitrogens with one attached hydrogen (secondary N) is 3. The summed E-state index contributed by atoms with van der Waals surface area (Å²) in [6, 6.07) is 9.78. The van der Waals surface area contributed by atoms with Crippen LogP contribution >= 0.6 is 0 Å². The Morgan fingerprint density at radius 1 is 1.07 bits per heavy atom. The number of fused-ring (bicyclic) bond motifs is 2. The van der Waals surface area contributed by atoms with Crippen LogP contribution < -0.4 is 20.1 Å². The summed E-state index contributed by atoms with van der Waals surface area (Å²) in [5.41, 5.74) is 0.861. The van der Waals surface area contributed by atoms with Crippen LogP contribution in [0.1, 0.15) is 106 Å². The van der Waals surface area contributed by atoms with Crippen molar-refractivity contribution in [2.45, 2.75) is 109 Å². The molecule has 9 heteroatoms. The normalized spacial score (nSPS) is 25.7. The zero-order chi connectivity index (χ0) is 29.9. The molecule has 3 aliphatic heterocycles. The van der Waals surface area contributed by atoms with Crippen LogP contribution in [-0.4, -0.2) is 50.6 Å². The van der Waals surface area contributed by atoms with Crippen LogP contribution in [0, 0.1) is 12.3 Å². The van der Waals surface area contributed by atoms with Crippen molar-refractivity contribution in [3.8, 4) is 11.5 Å². The van der Waals surface area contributed by atoms with Gasteiger partial charge in [-0.3, -0.25) is 19.9 Å². The highest BCUT2D eigenvalue weighted by molar-refractivity contribution is 6.00. The molecule has 0 aliphatic carbocycles. The number of carbonyl (C=O) groups is 2. The number of aryl methyl sites for hydroxylation is 1. The van der Waals surface area contributed by atoms with Crippen LogP contribution in [0.3, 0.4) is 0 Å². The van der Waals surface area contributed by atoms with Gasteiger partial charge in [0.2, 0.25) is 5.91 Å². The lowest BCUT2D eigenvalue weighted by Gasteiger charge is -2.48. The minimum absolute atomic E-state index is 0.0768. The molecule has 2 amide bonds. The van der Waals surface area contributed by atoms with Crippen LogP contribution in [0.25, 0.3) is 0 Å². The van der Waals surface area contributed by atoms with Gasteiger partial charge in [0.25, 0.3) is 5.91 Å². The summed E-state index contributed by atoms with van der Waals surface area (Å²) in [7, 11) is 0. The van der Waals surface area contributed by atoms with Gasteiger partial charge in [0, 0.05) is 28.7 Å². The number of hydrogen-bond acceptors (Lipinski definition) is 6. The maximum atomic E-state index is 13.7. The number of benzene rings is 2. The molecule has 2 aromatic carbocycles. The fraction of sp³-hybridized carbons (Fsp3) is 0.531. The van der Waals surface area contributed by atoms with E-state index in [4.69, 9.17) is 14.9 Å². The Labute approximate surface area is 242 Å². The van der Waals surface area contributed by atoms with Gasteiger partial charge in [-0.25, -0.2) is 0 Å². The summed E-state index contributed by atoms with van der Waals surface area (Å²) in [4.78, 5) is 28.8. The highest BCUT2D eigenvalue weighted by Gasteiger charge is 2.47. The molecule has 9 nitrogen and oxygen atoms in total. The van der Waals surface area contributed by atoms with Crippen LogP contribution in [0.2, 0.25) is 0 Å². The van der Waals surface area contributed by atoms with E-state index in [0.29, 0.717) is 35.5 Å². The first kappa shape index (κ1) is 28.9. The molecule has 4 N–H and O–H groups in total. The number of amides is 2. The Kier molecular flexibility index (Phi) is 7.09. The molecule has 2 aromatic rings. The number of guanidine groups is 1. The first-order valence-electron chi connectivity index (χ1n) is 14.5. The van der Waals surface area contributed by atoms with Crippen molar-refractivity contribution in [1.29, 1.82) is 5.41 Å². The van der Waals surface area contributed by atoms with E-state index in [2.05, 4.69) is 10.6 Å². The third-order valence-corrected chi connectivity index (χ3v) is 8.94. The topological polar surface area (TPSA) is 124 Å². The van der Waals surface area contributed by atoms with E-state index in [-0.39, 0.29) is 17.8 Å². The van der Waals surface area contributed by atoms with E-state index in [1.165, 1.54) is 4.90 Å². The number of aliphatic hydroxyl groups is 1. The second-order valence-electron chi connectivity index (χ2n) is 12.9. The molecule has 5 rings (SSSR count). The third-order valence-electron chi connectivity index (χ3n) is 8.94. The van der Waals surface area contributed by atoms with Crippen molar-refractivity contribution in [1.82, 2.24) is 15.5 Å². The van der Waals surface area contributed by atoms with Crippen molar-refractivity contribution in [2.24, 2.45) is 0 Å². The van der Waals surface area contributed by atoms with E-state index < -0.39 is 34.9 Å². The van der Waals surface area contributed by atoms with Crippen LogP contribution in [0.5, 0.6) is 11.5 Å². The predicted octanol–water partition coefficient (Wildman–Crippen LogP) is 4.92. The molecule has 3 aliphatic rings. The van der Waals surface area contributed by atoms with Gasteiger partial charge in [-0.15, -0.1) is 0 Å². The maximum absolute atomic E-state index is 13.7. The molecule has 0 unspecified atom stereocenters. The Morgan fingerprint density at radius 2 is 1.73 bits per heavy atom. The number of nitrogens with zero attached hydrogens (tertiary/aromatic N) is 1. The summed E-state index contributed by atoms with van der Waals surface area (Å²) in [5, 5.41) is 26.4. The lowest BCUT2D eigenvalue weighted by molar-refractivity contribution is -0.134. The second kappa shape index (κ2) is 10.0. The largest absolute Gasteiger partial charge is 0.487 e. The average molecular weight is 563 g/mol. The van der Waals surface area contributed by atoms with Crippen LogP contribution in [-0.2, 0) is 4.79 Å². The second-order valence-corrected chi connectivity index (χ2v) is 12.9. The zero-order valence-electron chi connectivity index (χ0n) is 25.1. The number of ether oxygens (including phenoxy) is 2. The third kappa shape index (κ3) is 5.16. The van der Waals surface area contributed by atoms with Gasteiger partial charge in [0.05, 0.1) is 18.5 Å². The lowest BCUT2D eigenvalue weighted by Crippen LogP contribution is -2.63. The van der Waals surface area contributed by atoms with E-state index in [1.54, 1.807) is 32.0 Å². The minimum Gasteiger partial charge on any atom is -0.487 e.